The molecule has 2 N–H and O–H groups in total. The Morgan fingerprint density at radius 2 is 2.25 bits per heavy atom. The van der Waals surface area contributed by atoms with E-state index in [1.54, 1.807) is 0 Å². The summed E-state index contributed by atoms with van der Waals surface area (Å²) in [5.41, 5.74) is 9.67. The summed E-state index contributed by atoms with van der Waals surface area (Å²) < 4.78 is 0. The van der Waals surface area contributed by atoms with Gasteiger partial charge in [-0.05, 0) is 29.7 Å². The molecule has 0 atom stereocenters. The fourth-order valence-electron chi connectivity index (χ4n) is 2.18. The first-order chi connectivity index (χ1) is 7.83. The van der Waals surface area contributed by atoms with Crippen LogP contribution in [0.4, 0.5) is 0 Å². The van der Waals surface area contributed by atoms with Crippen molar-refractivity contribution in [2.45, 2.75) is 19.9 Å². The van der Waals surface area contributed by atoms with E-state index in [-0.39, 0.29) is 0 Å². The Labute approximate surface area is 97.8 Å². The molecule has 86 valence electrons. The summed E-state index contributed by atoms with van der Waals surface area (Å²) in [5, 5.41) is 0. The lowest BCUT2D eigenvalue weighted by Crippen LogP contribution is -2.29. The highest BCUT2D eigenvalue weighted by atomic mass is 15.1. The molecular formula is C14H20N2. The third-order valence-corrected chi connectivity index (χ3v) is 3.21. The van der Waals surface area contributed by atoms with Crippen molar-refractivity contribution in [2.24, 2.45) is 5.73 Å². The summed E-state index contributed by atoms with van der Waals surface area (Å²) in [5.74, 6) is 0. The standard InChI is InChI=1S/C14H20N2/c1-2-16-8-4-7-14(11-16)13-6-3-5-12(9-13)10-15/h3,5-7,9H,2,4,8,10-11,15H2,1H3. The molecule has 2 nitrogen and oxygen atoms in total. The number of benzene rings is 1. The summed E-state index contributed by atoms with van der Waals surface area (Å²) in [6, 6.07) is 8.59. The van der Waals surface area contributed by atoms with Crippen LogP contribution >= 0.6 is 0 Å². The van der Waals surface area contributed by atoms with Crippen LogP contribution in [-0.4, -0.2) is 24.5 Å². The molecule has 0 saturated carbocycles. The van der Waals surface area contributed by atoms with Gasteiger partial charge in [-0.25, -0.2) is 0 Å². The maximum absolute atomic E-state index is 5.67. The van der Waals surface area contributed by atoms with Gasteiger partial charge in [0.05, 0.1) is 0 Å². The predicted octanol–water partition coefficient (Wildman–Crippen LogP) is 2.25. The maximum atomic E-state index is 5.67. The monoisotopic (exact) mass is 216 g/mol. The molecule has 1 aliphatic rings. The average Bonchev–Trinajstić information content (AvgIpc) is 2.39. The molecule has 0 amide bonds. The Kier molecular flexibility index (Phi) is 3.75. The lowest BCUT2D eigenvalue weighted by molar-refractivity contribution is 0.321. The minimum atomic E-state index is 0.624. The van der Waals surface area contributed by atoms with Crippen LogP contribution in [0.25, 0.3) is 5.57 Å². The third-order valence-electron chi connectivity index (χ3n) is 3.21. The van der Waals surface area contributed by atoms with Crippen LogP contribution in [0, 0.1) is 0 Å². The fraction of sp³-hybridized carbons (Fsp3) is 0.429. The molecule has 0 unspecified atom stereocenters. The largest absolute Gasteiger partial charge is 0.326 e. The van der Waals surface area contributed by atoms with Gasteiger partial charge in [0.15, 0.2) is 0 Å². The molecule has 0 aromatic heterocycles. The van der Waals surface area contributed by atoms with Crippen molar-refractivity contribution in [1.82, 2.24) is 4.90 Å². The Hall–Kier alpha value is -1.12. The second-order valence-corrected chi connectivity index (χ2v) is 4.29. The first kappa shape index (κ1) is 11.4. The van der Waals surface area contributed by atoms with Gasteiger partial charge in [0.2, 0.25) is 0 Å². The highest BCUT2D eigenvalue weighted by Crippen LogP contribution is 2.21. The van der Waals surface area contributed by atoms with E-state index >= 15 is 0 Å². The molecule has 0 radical (unpaired) electrons. The lowest BCUT2D eigenvalue weighted by Gasteiger charge is -2.26. The minimum absolute atomic E-state index is 0.624. The first-order valence-corrected chi connectivity index (χ1v) is 6.04. The minimum Gasteiger partial charge on any atom is -0.326 e. The van der Waals surface area contributed by atoms with E-state index in [2.05, 4.69) is 42.2 Å². The van der Waals surface area contributed by atoms with Gasteiger partial charge in [0.25, 0.3) is 0 Å². The van der Waals surface area contributed by atoms with E-state index in [4.69, 9.17) is 5.73 Å². The Balaban J connectivity index is 2.20. The molecule has 0 saturated heterocycles. The predicted molar refractivity (Wildman–Crippen MR) is 69.0 cm³/mol. The van der Waals surface area contributed by atoms with Gasteiger partial charge in [-0.1, -0.05) is 37.3 Å². The van der Waals surface area contributed by atoms with Gasteiger partial charge in [-0.15, -0.1) is 0 Å². The summed E-state index contributed by atoms with van der Waals surface area (Å²) in [6.45, 7) is 6.24. The molecule has 1 aromatic rings. The topological polar surface area (TPSA) is 29.3 Å². The number of nitrogens with zero attached hydrogens (tertiary/aromatic N) is 1. The van der Waals surface area contributed by atoms with Gasteiger partial charge < -0.3 is 5.73 Å². The number of likely N-dealkylation sites (N-methyl/N-ethyl adjacent to an activating group) is 1. The molecule has 1 aliphatic heterocycles. The fourth-order valence-corrected chi connectivity index (χ4v) is 2.18. The number of nitrogens with two attached hydrogens (primary N) is 1. The van der Waals surface area contributed by atoms with Crippen LogP contribution < -0.4 is 5.73 Å². The molecule has 0 spiro atoms. The summed E-state index contributed by atoms with van der Waals surface area (Å²) in [4.78, 5) is 2.48. The maximum Gasteiger partial charge on any atom is 0.0236 e. The average molecular weight is 216 g/mol. The molecule has 0 aliphatic carbocycles. The zero-order valence-electron chi connectivity index (χ0n) is 9.95. The SMILES string of the molecule is CCN1CCC=C(c2cccc(CN)c2)C1. The van der Waals surface area contributed by atoms with Gasteiger partial charge >= 0.3 is 0 Å². The van der Waals surface area contributed by atoms with Crippen LogP contribution in [0.15, 0.2) is 30.3 Å². The van der Waals surface area contributed by atoms with E-state index in [1.807, 2.05) is 0 Å². The van der Waals surface area contributed by atoms with Crippen molar-refractivity contribution in [3.05, 3.63) is 41.5 Å². The Bertz CT molecular complexity index is 382. The van der Waals surface area contributed by atoms with Gasteiger partial charge in [-0.3, -0.25) is 4.90 Å². The number of hydrogen-bond donors (Lipinski definition) is 1. The van der Waals surface area contributed by atoms with E-state index in [1.165, 1.54) is 23.2 Å². The second kappa shape index (κ2) is 5.28. The van der Waals surface area contributed by atoms with E-state index in [9.17, 15) is 0 Å². The van der Waals surface area contributed by atoms with Gasteiger partial charge in [-0.2, -0.15) is 0 Å². The zero-order chi connectivity index (χ0) is 11.4. The molecular weight excluding hydrogens is 196 g/mol. The summed E-state index contributed by atoms with van der Waals surface area (Å²) in [7, 11) is 0. The van der Waals surface area contributed by atoms with Gasteiger partial charge in [0.1, 0.15) is 0 Å². The van der Waals surface area contributed by atoms with Crippen molar-refractivity contribution < 1.29 is 0 Å². The third kappa shape index (κ3) is 2.52. The highest BCUT2D eigenvalue weighted by Gasteiger charge is 2.12. The van der Waals surface area contributed by atoms with Gasteiger partial charge in [0, 0.05) is 19.6 Å². The quantitative estimate of drug-likeness (QED) is 0.839. The van der Waals surface area contributed by atoms with Crippen LogP contribution in [0.5, 0.6) is 0 Å². The van der Waals surface area contributed by atoms with E-state index in [0.717, 1.165) is 19.5 Å². The van der Waals surface area contributed by atoms with Crippen LogP contribution in [-0.2, 0) is 6.54 Å². The van der Waals surface area contributed by atoms with Crippen LogP contribution in [0.3, 0.4) is 0 Å². The lowest BCUT2D eigenvalue weighted by atomic mass is 9.99. The molecule has 1 aromatic carbocycles. The number of rotatable bonds is 3. The van der Waals surface area contributed by atoms with Crippen molar-refractivity contribution in [3.63, 3.8) is 0 Å². The second-order valence-electron chi connectivity index (χ2n) is 4.29. The van der Waals surface area contributed by atoms with Crippen LogP contribution in [0.2, 0.25) is 0 Å². The molecule has 16 heavy (non-hydrogen) atoms. The van der Waals surface area contributed by atoms with Crippen LogP contribution in [0.1, 0.15) is 24.5 Å². The van der Waals surface area contributed by atoms with E-state index < -0.39 is 0 Å². The normalized spacial score (nSPS) is 17.2. The number of hydrogen-bond acceptors (Lipinski definition) is 2. The van der Waals surface area contributed by atoms with Crippen molar-refractivity contribution >= 4 is 5.57 Å². The molecule has 2 rings (SSSR count). The van der Waals surface area contributed by atoms with Crippen molar-refractivity contribution in [1.29, 1.82) is 0 Å². The molecule has 2 heteroatoms. The van der Waals surface area contributed by atoms with Crippen molar-refractivity contribution in [2.75, 3.05) is 19.6 Å². The summed E-state index contributed by atoms with van der Waals surface area (Å²) >= 11 is 0. The molecule has 0 fully saturated rings. The Morgan fingerprint density at radius 1 is 1.38 bits per heavy atom. The first-order valence-electron chi connectivity index (χ1n) is 6.04. The zero-order valence-corrected chi connectivity index (χ0v) is 9.95. The molecule has 0 bridgehead atoms. The highest BCUT2D eigenvalue weighted by molar-refractivity contribution is 5.68. The van der Waals surface area contributed by atoms with E-state index in [0.29, 0.717) is 6.54 Å². The molecule has 1 heterocycles. The summed E-state index contributed by atoms with van der Waals surface area (Å²) in [6.07, 6.45) is 3.53. The van der Waals surface area contributed by atoms with Crippen molar-refractivity contribution in [3.8, 4) is 0 Å². The smallest absolute Gasteiger partial charge is 0.0236 e. The Morgan fingerprint density at radius 3 is 3.00 bits per heavy atom.